The SMILES string of the molecule is Cc1cccc(C#CCCNC(=O)OC(C)(C)C)n1. The van der Waals surface area contributed by atoms with E-state index in [1.54, 1.807) is 0 Å². The molecule has 0 aliphatic heterocycles. The summed E-state index contributed by atoms with van der Waals surface area (Å²) >= 11 is 0. The van der Waals surface area contributed by atoms with E-state index in [9.17, 15) is 4.79 Å². The van der Waals surface area contributed by atoms with Gasteiger partial charge in [-0.05, 0) is 45.7 Å². The maximum Gasteiger partial charge on any atom is 0.407 e. The van der Waals surface area contributed by atoms with E-state index in [2.05, 4.69) is 22.1 Å². The monoisotopic (exact) mass is 260 g/mol. The fourth-order valence-corrected chi connectivity index (χ4v) is 1.31. The molecule has 0 radical (unpaired) electrons. The average molecular weight is 260 g/mol. The Hall–Kier alpha value is -2.02. The van der Waals surface area contributed by atoms with Crippen molar-refractivity contribution < 1.29 is 9.53 Å². The number of alkyl carbamates (subject to hydrolysis) is 1. The first kappa shape index (κ1) is 15.0. The van der Waals surface area contributed by atoms with Gasteiger partial charge in [-0.25, -0.2) is 9.78 Å². The Morgan fingerprint density at radius 1 is 1.42 bits per heavy atom. The lowest BCUT2D eigenvalue weighted by Crippen LogP contribution is -2.32. The van der Waals surface area contributed by atoms with Crippen molar-refractivity contribution in [1.82, 2.24) is 10.3 Å². The molecule has 0 spiro atoms. The van der Waals surface area contributed by atoms with Gasteiger partial charge in [0.2, 0.25) is 0 Å². The smallest absolute Gasteiger partial charge is 0.407 e. The molecule has 1 rings (SSSR count). The number of nitrogens with zero attached hydrogens (tertiary/aromatic N) is 1. The first-order valence-electron chi connectivity index (χ1n) is 6.26. The van der Waals surface area contributed by atoms with E-state index >= 15 is 0 Å². The van der Waals surface area contributed by atoms with Crippen LogP contribution in [0.15, 0.2) is 18.2 Å². The molecule has 0 saturated carbocycles. The standard InChI is InChI=1S/C15H20N2O2/c1-12-8-7-10-13(17-12)9-5-6-11-16-14(18)19-15(2,3)4/h7-8,10H,6,11H2,1-4H3,(H,16,18). The minimum absolute atomic E-state index is 0.414. The van der Waals surface area contributed by atoms with Crippen LogP contribution < -0.4 is 5.32 Å². The number of carbonyl (C=O) groups is 1. The van der Waals surface area contributed by atoms with E-state index in [4.69, 9.17) is 4.74 Å². The molecule has 1 aromatic rings. The van der Waals surface area contributed by atoms with Crippen molar-refractivity contribution in [2.75, 3.05) is 6.54 Å². The normalized spacial score (nSPS) is 10.3. The number of amides is 1. The summed E-state index contributed by atoms with van der Waals surface area (Å²) in [7, 11) is 0. The van der Waals surface area contributed by atoms with Crippen LogP contribution in [0.3, 0.4) is 0 Å². The number of pyridine rings is 1. The molecule has 1 amide bonds. The molecule has 0 bridgehead atoms. The molecule has 0 unspecified atom stereocenters. The highest BCUT2D eigenvalue weighted by atomic mass is 16.6. The lowest BCUT2D eigenvalue weighted by molar-refractivity contribution is 0.0529. The zero-order chi connectivity index (χ0) is 14.3. The first-order chi connectivity index (χ1) is 8.87. The lowest BCUT2D eigenvalue weighted by Gasteiger charge is -2.19. The van der Waals surface area contributed by atoms with E-state index < -0.39 is 11.7 Å². The Labute approximate surface area is 114 Å². The number of nitrogens with one attached hydrogen (secondary N) is 1. The van der Waals surface area contributed by atoms with Crippen molar-refractivity contribution in [1.29, 1.82) is 0 Å². The van der Waals surface area contributed by atoms with Crippen LogP contribution in [-0.2, 0) is 4.74 Å². The Kier molecular flexibility index (Phi) is 5.37. The Bertz CT molecular complexity index is 493. The van der Waals surface area contributed by atoms with Crippen LogP contribution in [0, 0.1) is 18.8 Å². The van der Waals surface area contributed by atoms with Crippen molar-refractivity contribution in [2.24, 2.45) is 0 Å². The van der Waals surface area contributed by atoms with E-state index in [0.717, 1.165) is 11.4 Å². The molecule has 1 N–H and O–H groups in total. The van der Waals surface area contributed by atoms with Gasteiger partial charge in [-0.1, -0.05) is 12.0 Å². The summed E-state index contributed by atoms with van der Waals surface area (Å²) in [5, 5.41) is 2.65. The second-order valence-electron chi connectivity index (χ2n) is 5.14. The number of hydrogen-bond donors (Lipinski definition) is 1. The molecular weight excluding hydrogens is 240 g/mol. The summed E-state index contributed by atoms with van der Waals surface area (Å²) in [4.78, 5) is 15.6. The Morgan fingerprint density at radius 2 is 2.16 bits per heavy atom. The minimum atomic E-state index is -0.471. The van der Waals surface area contributed by atoms with E-state index in [1.165, 1.54) is 0 Å². The van der Waals surface area contributed by atoms with Gasteiger partial charge in [0.25, 0.3) is 0 Å². The lowest BCUT2D eigenvalue weighted by atomic mass is 10.2. The molecule has 0 atom stereocenters. The van der Waals surface area contributed by atoms with Crippen LogP contribution in [0.4, 0.5) is 4.79 Å². The second kappa shape index (κ2) is 6.79. The molecule has 1 heterocycles. The highest BCUT2D eigenvalue weighted by Crippen LogP contribution is 2.06. The van der Waals surface area contributed by atoms with Crippen LogP contribution in [0.2, 0.25) is 0 Å². The number of hydrogen-bond acceptors (Lipinski definition) is 3. The number of rotatable bonds is 2. The van der Waals surface area contributed by atoms with Gasteiger partial charge in [0.1, 0.15) is 11.3 Å². The van der Waals surface area contributed by atoms with Gasteiger partial charge in [0.05, 0.1) is 0 Å². The Morgan fingerprint density at radius 3 is 2.79 bits per heavy atom. The quantitative estimate of drug-likeness (QED) is 0.657. The number of carbonyl (C=O) groups excluding carboxylic acids is 1. The maximum absolute atomic E-state index is 11.3. The molecule has 0 saturated heterocycles. The highest BCUT2D eigenvalue weighted by molar-refractivity contribution is 5.67. The maximum atomic E-state index is 11.3. The minimum Gasteiger partial charge on any atom is -0.444 e. The molecule has 0 fully saturated rings. The third kappa shape index (κ3) is 7.10. The predicted octanol–water partition coefficient (Wildman–Crippen LogP) is 2.66. The van der Waals surface area contributed by atoms with Crippen LogP contribution in [0.25, 0.3) is 0 Å². The van der Waals surface area contributed by atoms with Gasteiger partial charge in [-0.15, -0.1) is 0 Å². The predicted molar refractivity (Wildman–Crippen MR) is 74.7 cm³/mol. The van der Waals surface area contributed by atoms with Crippen LogP contribution in [0.1, 0.15) is 38.6 Å². The van der Waals surface area contributed by atoms with Crippen LogP contribution in [0.5, 0.6) is 0 Å². The third-order valence-electron chi connectivity index (χ3n) is 2.02. The van der Waals surface area contributed by atoms with Crippen molar-refractivity contribution in [2.45, 2.75) is 39.7 Å². The fourth-order valence-electron chi connectivity index (χ4n) is 1.31. The largest absolute Gasteiger partial charge is 0.444 e. The van der Waals surface area contributed by atoms with Gasteiger partial charge in [0, 0.05) is 18.7 Å². The molecule has 0 aliphatic carbocycles. The average Bonchev–Trinajstić information content (AvgIpc) is 2.26. The van der Waals surface area contributed by atoms with Gasteiger partial charge < -0.3 is 10.1 Å². The molecule has 19 heavy (non-hydrogen) atoms. The van der Waals surface area contributed by atoms with Crippen molar-refractivity contribution in [3.63, 3.8) is 0 Å². The summed E-state index contributed by atoms with van der Waals surface area (Å²) in [6.45, 7) is 7.88. The van der Waals surface area contributed by atoms with Crippen LogP contribution >= 0.6 is 0 Å². The van der Waals surface area contributed by atoms with Gasteiger partial charge >= 0.3 is 6.09 Å². The van der Waals surface area contributed by atoms with E-state index in [1.807, 2.05) is 45.9 Å². The molecule has 4 heteroatoms. The number of aromatic nitrogens is 1. The molecule has 4 nitrogen and oxygen atoms in total. The van der Waals surface area contributed by atoms with Crippen LogP contribution in [-0.4, -0.2) is 23.2 Å². The summed E-state index contributed by atoms with van der Waals surface area (Å²) in [6.07, 6.45) is 0.150. The summed E-state index contributed by atoms with van der Waals surface area (Å²) < 4.78 is 5.11. The zero-order valence-corrected chi connectivity index (χ0v) is 11.9. The van der Waals surface area contributed by atoms with Crippen molar-refractivity contribution >= 4 is 6.09 Å². The molecular formula is C15H20N2O2. The van der Waals surface area contributed by atoms with Gasteiger partial charge in [-0.3, -0.25) is 0 Å². The topological polar surface area (TPSA) is 51.2 Å². The van der Waals surface area contributed by atoms with E-state index in [0.29, 0.717) is 13.0 Å². The number of aryl methyl sites for hydroxylation is 1. The van der Waals surface area contributed by atoms with Gasteiger partial charge in [-0.2, -0.15) is 0 Å². The van der Waals surface area contributed by atoms with Crippen molar-refractivity contribution in [3.05, 3.63) is 29.6 Å². The Balaban J connectivity index is 2.30. The fraction of sp³-hybridized carbons (Fsp3) is 0.467. The van der Waals surface area contributed by atoms with E-state index in [-0.39, 0.29) is 0 Å². The molecule has 102 valence electrons. The first-order valence-corrected chi connectivity index (χ1v) is 6.26. The summed E-state index contributed by atoms with van der Waals surface area (Å²) in [5.74, 6) is 5.92. The second-order valence-corrected chi connectivity index (χ2v) is 5.14. The van der Waals surface area contributed by atoms with Crippen molar-refractivity contribution in [3.8, 4) is 11.8 Å². The zero-order valence-electron chi connectivity index (χ0n) is 11.9. The molecule has 0 aliphatic rings. The molecule has 1 aromatic heterocycles. The summed E-state index contributed by atoms with van der Waals surface area (Å²) in [6, 6.07) is 5.71. The van der Waals surface area contributed by atoms with Gasteiger partial charge in [0.15, 0.2) is 0 Å². The summed E-state index contributed by atoms with van der Waals surface area (Å²) in [5.41, 5.74) is 1.22. The third-order valence-corrected chi connectivity index (χ3v) is 2.02. The number of ether oxygens (including phenoxy) is 1. The molecule has 0 aromatic carbocycles. The highest BCUT2D eigenvalue weighted by Gasteiger charge is 2.15.